The number of rotatable bonds is 4. The minimum absolute atomic E-state index is 0.0725. The molecule has 0 bridgehead atoms. The third-order valence-corrected chi connectivity index (χ3v) is 3.10. The van der Waals surface area contributed by atoms with E-state index in [2.05, 4.69) is 0 Å². The molecule has 0 saturated carbocycles. The molecule has 1 aliphatic rings. The lowest BCUT2D eigenvalue weighted by molar-refractivity contribution is 0.104. The molecule has 1 unspecified atom stereocenters. The summed E-state index contributed by atoms with van der Waals surface area (Å²) in [6.07, 6.45) is 9.59. The van der Waals surface area contributed by atoms with Crippen LogP contribution in [-0.2, 0) is 4.74 Å². The van der Waals surface area contributed by atoms with Gasteiger partial charge >= 0.3 is 0 Å². The predicted molar refractivity (Wildman–Crippen MR) is 75.6 cm³/mol. The second-order valence-electron chi connectivity index (χ2n) is 4.46. The van der Waals surface area contributed by atoms with Crippen molar-refractivity contribution >= 4 is 5.78 Å². The summed E-state index contributed by atoms with van der Waals surface area (Å²) >= 11 is 0. The summed E-state index contributed by atoms with van der Waals surface area (Å²) in [5.74, 6) is 0.0430. The van der Waals surface area contributed by atoms with Crippen molar-refractivity contribution in [1.82, 2.24) is 0 Å². The lowest BCUT2D eigenvalue weighted by Gasteiger charge is -2.11. The van der Waals surface area contributed by atoms with Gasteiger partial charge in [0.05, 0.1) is 7.11 Å². The summed E-state index contributed by atoms with van der Waals surface area (Å²) in [5.41, 5.74) is -0.0725. The fraction of sp³-hybridized carbons (Fsp3) is 0.188. The lowest BCUT2D eigenvalue weighted by atomic mass is 9.98. The number of hydrogen-bond donors (Lipinski definition) is 2. The highest BCUT2D eigenvalue weighted by Gasteiger charge is 2.14. The Morgan fingerprint density at radius 1 is 1.35 bits per heavy atom. The van der Waals surface area contributed by atoms with E-state index in [1.807, 2.05) is 18.2 Å². The maximum Gasteiger partial charge on any atom is 0.193 e. The fourth-order valence-electron chi connectivity index (χ4n) is 1.99. The van der Waals surface area contributed by atoms with Crippen LogP contribution in [0.25, 0.3) is 0 Å². The van der Waals surface area contributed by atoms with Gasteiger partial charge in [-0.25, -0.2) is 0 Å². The van der Waals surface area contributed by atoms with Crippen LogP contribution in [0.5, 0.6) is 11.5 Å². The second kappa shape index (κ2) is 6.10. The van der Waals surface area contributed by atoms with Crippen molar-refractivity contribution in [3.63, 3.8) is 0 Å². The van der Waals surface area contributed by atoms with Crippen LogP contribution in [0.15, 0.2) is 54.3 Å². The van der Waals surface area contributed by atoms with Gasteiger partial charge in [-0.05, 0) is 42.7 Å². The van der Waals surface area contributed by atoms with Crippen LogP contribution in [0.1, 0.15) is 16.8 Å². The topological polar surface area (TPSA) is 66.8 Å². The first-order valence-corrected chi connectivity index (χ1v) is 6.27. The van der Waals surface area contributed by atoms with Gasteiger partial charge in [-0.2, -0.15) is 0 Å². The summed E-state index contributed by atoms with van der Waals surface area (Å²) in [4.78, 5) is 12.0. The van der Waals surface area contributed by atoms with E-state index < -0.39 is 5.78 Å². The molecule has 2 rings (SSSR count). The molecule has 104 valence electrons. The molecule has 1 aromatic carbocycles. The molecule has 4 heteroatoms. The quantitative estimate of drug-likeness (QED) is 0.653. The molecular weight excluding hydrogens is 256 g/mol. The van der Waals surface area contributed by atoms with E-state index in [1.165, 1.54) is 24.3 Å². The summed E-state index contributed by atoms with van der Waals surface area (Å²) in [6, 6.07) is 4.22. The molecule has 1 aliphatic carbocycles. The van der Waals surface area contributed by atoms with Gasteiger partial charge in [0.25, 0.3) is 0 Å². The third kappa shape index (κ3) is 3.09. The number of hydrogen-bond acceptors (Lipinski definition) is 4. The van der Waals surface area contributed by atoms with Crippen molar-refractivity contribution < 1.29 is 19.7 Å². The van der Waals surface area contributed by atoms with E-state index in [1.54, 1.807) is 13.2 Å². The Morgan fingerprint density at radius 3 is 2.60 bits per heavy atom. The first-order valence-electron chi connectivity index (χ1n) is 6.27. The van der Waals surface area contributed by atoms with E-state index in [9.17, 15) is 15.0 Å². The van der Waals surface area contributed by atoms with Crippen molar-refractivity contribution in [2.24, 2.45) is 5.92 Å². The van der Waals surface area contributed by atoms with Gasteiger partial charge in [0, 0.05) is 0 Å². The van der Waals surface area contributed by atoms with Crippen LogP contribution in [0.4, 0.5) is 0 Å². The van der Waals surface area contributed by atoms with Crippen LogP contribution >= 0.6 is 0 Å². The van der Waals surface area contributed by atoms with Gasteiger partial charge in [0.2, 0.25) is 0 Å². The highest BCUT2D eigenvalue weighted by atomic mass is 16.5. The van der Waals surface area contributed by atoms with Crippen molar-refractivity contribution in [1.29, 1.82) is 0 Å². The Bertz CT molecular complexity index is 576. The summed E-state index contributed by atoms with van der Waals surface area (Å²) in [7, 11) is 1.61. The Labute approximate surface area is 117 Å². The molecule has 0 aliphatic heterocycles. The normalized spacial score (nSPS) is 18.1. The number of carbonyl (C=O) groups is 1. The van der Waals surface area contributed by atoms with Crippen LogP contribution < -0.4 is 0 Å². The Hall–Kier alpha value is -2.49. The largest absolute Gasteiger partial charge is 0.507 e. The average molecular weight is 272 g/mol. The van der Waals surface area contributed by atoms with Gasteiger partial charge in [-0.1, -0.05) is 18.2 Å². The zero-order chi connectivity index (χ0) is 14.5. The minimum Gasteiger partial charge on any atom is -0.507 e. The second-order valence-corrected chi connectivity index (χ2v) is 4.46. The number of ether oxygens (including phenoxy) is 1. The van der Waals surface area contributed by atoms with Crippen molar-refractivity contribution in [2.45, 2.75) is 6.42 Å². The van der Waals surface area contributed by atoms with Gasteiger partial charge in [-0.15, -0.1) is 0 Å². The molecule has 4 nitrogen and oxygen atoms in total. The number of phenols is 2. The molecular formula is C16H16O4. The van der Waals surface area contributed by atoms with Crippen LogP contribution in [0.3, 0.4) is 0 Å². The average Bonchev–Trinajstić information content (AvgIpc) is 2.45. The highest BCUT2D eigenvalue weighted by Crippen LogP contribution is 2.27. The number of phenolic OH excluding ortho intramolecular Hbond substituents is 2. The summed E-state index contributed by atoms with van der Waals surface area (Å²) < 4.78 is 5.08. The van der Waals surface area contributed by atoms with Crippen molar-refractivity contribution in [2.75, 3.05) is 7.11 Å². The number of benzene rings is 1. The zero-order valence-corrected chi connectivity index (χ0v) is 11.1. The van der Waals surface area contributed by atoms with Gasteiger partial charge in [0.15, 0.2) is 5.78 Å². The maximum atomic E-state index is 12.0. The first-order chi connectivity index (χ1) is 9.61. The number of aromatic hydroxyl groups is 2. The SMILES string of the molecule is COC1=CCC(C=CC(=O)c2c(O)cccc2O)C=C1. The van der Waals surface area contributed by atoms with E-state index in [4.69, 9.17) is 4.74 Å². The first kappa shape index (κ1) is 13.9. The van der Waals surface area contributed by atoms with Gasteiger partial charge in [0.1, 0.15) is 22.8 Å². The zero-order valence-electron chi connectivity index (χ0n) is 11.1. The van der Waals surface area contributed by atoms with Crippen LogP contribution in [0, 0.1) is 5.92 Å². The minimum atomic E-state index is -0.421. The Kier molecular flexibility index (Phi) is 4.25. The highest BCUT2D eigenvalue weighted by molar-refractivity contribution is 6.08. The van der Waals surface area contributed by atoms with Crippen molar-refractivity contribution in [3.8, 4) is 11.5 Å². The maximum absolute atomic E-state index is 12.0. The molecule has 0 fully saturated rings. The van der Waals surface area contributed by atoms with E-state index in [0.717, 1.165) is 12.2 Å². The molecule has 0 aromatic heterocycles. The van der Waals surface area contributed by atoms with Crippen molar-refractivity contribution in [3.05, 3.63) is 59.9 Å². The number of ketones is 1. The molecule has 0 saturated heterocycles. The lowest BCUT2D eigenvalue weighted by Crippen LogP contribution is -2.00. The van der Waals surface area contributed by atoms with Crippen LogP contribution in [0.2, 0.25) is 0 Å². The Balaban J connectivity index is 2.08. The van der Waals surface area contributed by atoms with E-state index in [-0.39, 0.29) is 23.0 Å². The van der Waals surface area contributed by atoms with Gasteiger partial charge < -0.3 is 14.9 Å². The molecule has 0 amide bonds. The number of allylic oxidation sites excluding steroid dienone is 5. The van der Waals surface area contributed by atoms with E-state index >= 15 is 0 Å². The Morgan fingerprint density at radius 2 is 2.05 bits per heavy atom. The fourth-order valence-corrected chi connectivity index (χ4v) is 1.99. The molecule has 1 aromatic rings. The number of carbonyl (C=O) groups excluding carboxylic acids is 1. The number of methoxy groups -OCH3 is 1. The molecule has 2 N–H and O–H groups in total. The predicted octanol–water partition coefficient (Wildman–Crippen LogP) is 2.94. The molecule has 1 atom stereocenters. The smallest absolute Gasteiger partial charge is 0.193 e. The third-order valence-electron chi connectivity index (χ3n) is 3.10. The molecule has 0 heterocycles. The summed E-state index contributed by atoms with van der Waals surface area (Å²) in [5, 5.41) is 19.2. The van der Waals surface area contributed by atoms with Gasteiger partial charge in [-0.3, -0.25) is 4.79 Å². The summed E-state index contributed by atoms with van der Waals surface area (Å²) in [6.45, 7) is 0. The van der Waals surface area contributed by atoms with Crippen LogP contribution in [-0.4, -0.2) is 23.1 Å². The van der Waals surface area contributed by atoms with E-state index in [0.29, 0.717) is 0 Å². The molecule has 0 radical (unpaired) electrons. The molecule has 0 spiro atoms. The monoisotopic (exact) mass is 272 g/mol. The molecule has 20 heavy (non-hydrogen) atoms. The standard InChI is InChI=1S/C16H16O4/c1-20-12-8-5-11(6-9-12)7-10-15(19)16-13(17)3-2-4-14(16)18/h2-5,7-11,17-18H,6H2,1H3.